The Balaban J connectivity index is 2.24. The van der Waals surface area contributed by atoms with Gasteiger partial charge in [0.15, 0.2) is 12.4 Å². The first kappa shape index (κ1) is 17.0. The SMILES string of the molecule is CSCCC(C(=O)[O-])N1C(=O)C(=Cc2ccc[nH+]c2)SC1=S. The molecule has 0 saturated carbocycles. The molecule has 1 unspecified atom stereocenters. The molecule has 116 valence electrons. The molecule has 0 aliphatic carbocycles. The second-order valence-corrected chi connectivity index (χ2v) is 7.17. The Morgan fingerprint density at radius 2 is 2.41 bits per heavy atom. The van der Waals surface area contributed by atoms with Crippen molar-refractivity contribution in [3.05, 3.63) is 35.0 Å². The Kier molecular flexibility index (Phi) is 5.98. The summed E-state index contributed by atoms with van der Waals surface area (Å²) < 4.78 is 0.256. The molecule has 1 saturated heterocycles. The summed E-state index contributed by atoms with van der Waals surface area (Å²) in [6.45, 7) is 0. The lowest BCUT2D eigenvalue weighted by atomic mass is 10.2. The van der Waals surface area contributed by atoms with Crippen molar-refractivity contribution in [1.29, 1.82) is 0 Å². The van der Waals surface area contributed by atoms with Crippen LogP contribution in [0.5, 0.6) is 0 Å². The van der Waals surface area contributed by atoms with E-state index in [0.717, 1.165) is 22.2 Å². The highest BCUT2D eigenvalue weighted by molar-refractivity contribution is 8.26. The van der Waals surface area contributed by atoms with Gasteiger partial charge in [-0.05, 0) is 30.6 Å². The van der Waals surface area contributed by atoms with Gasteiger partial charge in [-0.1, -0.05) is 24.0 Å². The van der Waals surface area contributed by atoms with Crippen LogP contribution in [0.25, 0.3) is 6.08 Å². The van der Waals surface area contributed by atoms with Crippen LogP contribution >= 0.6 is 35.7 Å². The normalized spacial score (nSPS) is 18.0. The number of rotatable bonds is 6. The molecule has 1 atom stereocenters. The van der Waals surface area contributed by atoms with E-state index in [9.17, 15) is 14.7 Å². The lowest BCUT2D eigenvalue weighted by molar-refractivity contribution is -0.378. The number of carbonyl (C=O) groups is 2. The number of carboxylic acids is 1. The monoisotopic (exact) mass is 354 g/mol. The molecule has 5 nitrogen and oxygen atoms in total. The summed E-state index contributed by atoms with van der Waals surface area (Å²) in [7, 11) is 0. The first-order valence-electron chi connectivity index (χ1n) is 6.47. The summed E-state index contributed by atoms with van der Waals surface area (Å²) in [5.41, 5.74) is 0.817. The van der Waals surface area contributed by atoms with Gasteiger partial charge in [0.2, 0.25) is 0 Å². The number of thioether (sulfide) groups is 2. The van der Waals surface area contributed by atoms with Gasteiger partial charge in [0.1, 0.15) is 4.32 Å². The number of aromatic amines is 1. The number of nitrogens with one attached hydrogen (secondary N) is 1. The molecule has 22 heavy (non-hydrogen) atoms. The maximum Gasteiger partial charge on any atom is 0.266 e. The van der Waals surface area contributed by atoms with E-state index in [4.69, 9.17) is 12.2 Å². The van der Waals surface area contributed by atoms with E-state index in [1.807, 2.05) is 18.4 Å². The molecule has 1 amide bonds. The number of carbonyl (C=O) groups excluding carboxylic acids is 2. The lowest BCUT2D eigenvalue weighted by Crippen LogP contribution is -2.50. The van der Waals surface area contributed by atoms with Gasteiger partial charge < -0.3 is 9.90 Å². The van der Waals surface area contributed by atoms with Crippen LogP contribution in [-0.2, 0) is 9.59 Å². The molecule has 0 bridgehead atoms. The predicted octanol–water partition coefficient (Wildman–Crippen LogP) is 0.573. The number of aliphatic carboxylic acids is 1. The molecule has 1 N–H and O–H groups in total. The molecule has 1 aliphatic heterocycles. The first-order chi connectivity index (χ1) is 10.5. The predicted molar refractivity (Wildman–Crippen MR) is 89.8 cm³/mol. The molecule has 1 fully saturated rings. The van der Waals surface area contributed by atoms with Crippen molar-refractivity contribution in [2.75, 3.05) is 12.0 Å². The van der Waals surface area contributed by atoms with Gasteiger partial charge in [-0.15, -0.1) is 0 Å². The highest BCUT2D eigenvalue weighted by atomic mass is 32.2. The molecule has 2 heterocycles. The Morgan fingerprint density at radius 1 is 1.64 bits per heavy atom. The standard InChI is InChI=1S/C14H14N2O3S3/c1-21-6-4-10(13(18)19)16-12(17)11(22-14(16)20)7-9-3-2-5-15-8-9/h2-3,5,7-8,10H,4,6H2,1H3,(H,18,19). The maximum atomic E-state index is 12.5. The largest absolute Gasteiger partial charge is 0.548 e. The molecular weight excluding hydrogens is 340 g/mol. The zero-order valence-electron chi connectivity index (χ0n) is 11.8. The van der Waals surface area contributed by atoms with E-state index >= 15 is 0 Å². The van der Waals surface area contributed by atoms with Gasteiger partial charge in [-0.2, -0.15) is 11.8 Å². The zero-order chi connectivity index (χ0) is 16.1. The topological polar surface area (TPSA) is 74.6 Å². The molecule has 1 aromatic heterocycles. The van der Waals surface area contributed by atoms with Gasteiger partial charge in [0.25, 0.3) is 5.91 Å². The van der Waals surface area contributed by atoms with Crippen molar-refractivity contribution >= 4 is 58.0 Å². The number of nitrogens with zero attached hydrogens (tertiary/aromatic N) is 1. The van der Waals surface area contributed by atoms with E-state index < -0.39 is 12.0 Å². The molecular formula is C14H14N2O3S3. The Bertz CT molecular complexity index is 619. The van der Waals surface area contributed by atoms with E-state index in [0.29, 0.717) is 17.1 Å². The highest BCUT2D eigenvalue weighted by Gasteiger charge is 2.37. The van der Waals surface area contributed by atoms with Crippen molar-refractivity contribution < 1.29 is 19.7 Å². The summed E-state index contributed by atoms with van der Waals surface area (Å²) in [5, 5.41) is 11.3. The number of aromatic nitrogens is 1. The number of amides is 1. The molecule has 8 heteroatoms. The second kappa shape index (κ2) is 7.75. The Morgan fingerprint density at radius 3 is 3.00 bits per heavy atom. The van der Waals surface area contributed by atoms with Crippen molar-refractivity contribution in [2.24, 2.45) is 0 Å². The first-order valence-corrected chi connectivity index (χ1v) is 9.09. The van der Waals surface area contributed by atoms with Crippen LogP contribution in [-0.4, -0.2) is 39.1 Å². The van der Waals surface area contributed by atoms with Crippen LogP contribution < -0.4 is 10.1 Å². The molecule has 1 aromatic rings. The third-order valence-corrected chi connectivity index (χ3v) is 5.01. The Labute approximate surface area is 142 Å². The van der Waals surface area contributed by atoms with E-state index in [-0.39, 0.29) is 10.2 Å². The zero-order valence-corrected chi connectivity index (χ0v) is 14.2. The van der Waals surface area contributed by atoms with Gasteiger partial charge in [0, 0.05) is 11.6 Å². The molecule has 0 spiro atoms. The molecule has 2 rings (SSSR count). The van der Waals surface area contributed by atoms with Crippen molar-refractivity contribution in [3.8, 4) is 0 Å². The van der Waals surface area contributed by atoms with Crippen LogP contribution in [0.2, 0.25) is 0 Å². The fraction of sp³-hybridized carbons (Fsp3) is 0.286. The molecule has 0 aromatic carbocycles. The van der Waals surface area contributed by atoms with Gasteiger partial charge in [-0.25, -0.2) is 4.98 Å². The van der Waals surface area contributed by atoms with E-state index in [2.05, 4.69) is 4.98 Å². The number of pyridine rings is 1. The minimum Gasteiger partial charge on any atom is -0.548 e. The number of hydrogen-bond acceptors (Lipinski definition) is 6. The summed E-state index contributed by atoms with van der Waals surface area (Å²) in [6, 6.07) is 2.63. The maximum absolute atomic E-state index is 12.5. The fourth-order valence-corrected chi connectivity index (χ4v) is 3.79. The molecule has 0 radical (unpaired) electrons. The summed E-state index contributed by atoms with van der Waals surface area (Å²) >= 11 is 7.81. The third-order valence-electron chi connectivity index (χ3n) is 3.03. The Hall–Kier alpha value is -1.38. The van der Waals surface area contributed by atoms with Gasteiger partial charge in [0.05, 0.1) is 16.9 Å². The quantitative estimate of drug-likeness (QED) is 0.549. The number of carboxylic acid groups (broad SMARTS) is 1. The summed E-state index contributed by atoms with van der Waals surface area (Å²) in [4.78, 5) is 28.3. The van der Waals surface area contributed by atoms with Gasteiger partial charge >= 0.3 is 0 Å². The van der Waals surface area contributed by atoms with E-state index in [1.165, 1.54) is 11.8 Å². The van der Waals surface area contributed by atoms with Gasteiger partial charge in [-0.3, -0.25) is 9.69 Å². The van der Waals surface area contributed by atoms with E-state index in [1.54, 1.807) is 18.5 Å². The van der Waals surface area contributed by atoms with Crippen LogP contribution in [0.1, 0.15) is 12.0 Å². The smallest absolute Gasteiger partial charge is 0.266 e. The van der Waals surface area contributed by atoms with Crippen molar-refractivity contribution in [1.82, 2.24) is 4.90 Å². The van der Waals surface area contributed by atoms with Crippen LogP contribution in [0.15, 0.2) is 29.4 Å². The summed E-state index contributed by atoms with van der Waals surface area (Å²) in [5.74, 6) is -1.05. The summed E-state index contributed by atoms with van der Waals surface area (Å²) in [6.07, 6.45) is 7.38. The lowest BCUT2D eigenvalue weighted by Gasteiger charge is -2.27. The number of thiocarbonyl (C=S) groups is 1. The minimum absolute atomic E-state index is 0.256. The average molecular weight is 354 g/mol. The van der Waals surface area contributed by atoms with Crippen LogP contribution in [0, 0.1) is 0 Å². The highest BCUT2D eigenvalue weighted by Crippen LogP contribution is 2.34. The minimum atomic E-state index is -1.28. The molecule has 1 aliphatic rings. The second-order valence-electron chi connectivity index (χ2n) is 4.50. The van der Waals surface area contributed by atoms with Crippen molar-refractivity contribution in [3.63, 3.8) is 0 Å². The van der Waals surface area contributed by atoms with Crippen LogP contribution in [0.4, 0.5) is 0 Å². The number of H-pyrrole nitrogens is 1. The third kappa shape index (κ3) is 3.88. The van der Waals surface area contributed by atoms with Crippen molar-refractivity contribution in [2.45, 2.75) is 12.5 Å². The van der Waals surface area contributed by atoms with Crippen LogP contribution in [0.3, 0.4) is 0 Å². The number of hydrogen-bond donors (Lipinski definition) is 0. The average Bonchev–Trinajstić information content (AvgIpc) is 2.76. The fourth-order valence-electron chi connectivity index (χ4n) is 1.98.